The number of esters is 3. The number of aliphatic carboxylic acids is 1. The van der Waals surface area contributed by atoms with E-state index >= 15 is 0 Å². The van der Waals surface area contributed by atoms with Crippen molar-refractivity contribution >= 4 is 23.9 Å². The minimum Gasteiger partial charge on any atom is -0.479 e. The van der Waals surface area contributed by atoms with Crippen LogP contribution in [0, 0.1) is 0 Å². The lowest BCUT2D eigenvalue weighted by Crippen LogP contribution is -2.61. The van der Waals surface area contributed by atoms with Crippen LogP contribution in [0.1, 0.15) is 278 Å². The highest BCUT2D eigenvalue weighted by atomic mass is 16.7. The fraction of sp³-hybridized carbons (Fsp3) is 0.761. The number of carboxylic acids is 1. The van der Waals surface area contributed by atoms with Gasteiger partial charge in [-0.25, -0.2) is 4.79 Å². The molecule has 12 nitrogen and oxygen atoms in total. The van der Waals surface area contributed by atoms with E-state index in [-0.39, 0.29) is 25.9 Å². The summed E-state index contributed by atoms with van der Waals surface area (Å²) in [4.78, 5) is 51.2. The highest BCUT2D eigenvalue weighted by molar-refractivity contribution is 5.74. The molecule has 79 heavy (non-hydrogen) atoms. The summed E-state index contributed by atoms with van der Waals surface area (Å²) in [5.74, 6) is -3.16. The Balaban J connectivity index is 2.64. The number of carbonyl (C=O) groups is 4. The summed E-state index contributed by atoms with van der Waals surface area (Å²) in [5.41, 5.74) is 0. The van der Waals surface area contributed by atoms with E-state index in [4.69, 9.17) is 23.7 Å². The lowest BCUT2D eigenvalue weighted by Gasteiger charge is -2.40. The van der Waals surface area contributed by atoms with Crippen LogP contribution in [-0.2, 0) is 42.9 Å². The van der Waals surface area contributed by atoms with Gasteiger partial charge in [0.2, 0.25) is 0 Å². The third-order valence-electron chi connectivity index (χ3n) is 14.3. The Morgan fingerprint density at radius 3 is 1.28 bits per heavy atom. The van der Waals surface area contributed by atoms with E-state index in [1.54, 1.807) is 0 Å². The van der Waals surface area contributed by atoms with Gasteiger partial charge in [-0.1, -0.05) is 248 Å². The maximum atomic E-state index is 13.1. The minimum atomic E-state index is -1.91. The van der Waals surface area contributed by atoms with Crippen molar-refractivity contribution in [3.63, 3.8) is 0 Å². The van der Waals surface area contributed by atoms with Gasteiger partial charge in [-0.2, -0.15) is 0 Å². The van der Waals surface area contributed by atoms with Crippen molar-refractivity contribution in [2.75, 3.05) is 13.2 Å². The summed E-state index contributed by atoms with van der Waals surface area (Å²) in [6.45, 7) is 5.83. The van der Waals surface area contributed by atoms with E-state index < -0.39 is 67.3 Å². The summed E-state index contributed by atoms with van der Waals surface area (Å²) in [7, 11) is 0. The molecular weight excluding hydrogens is 997 g/mol. The number of hydrogen-bond acceptors (Lipinski definition) is 11. The van der Waals surface area contributed by atoms with Crippen LogP contribution in [0.3, 0.4) is 0 Å². The predicted molar refractivity (Wildman–Crippen MR) is 322 cm³/mol. The standard InChI is InChI=1S/C67H114O12/c1-4-7-10-13-16-19-22-24-26-28-30-32-34-36-39-41-44-47-50-53-59(68)75-56-58(77-60(69)54-51-48-45-42-38-21-18-15-12-9-6-3)57-76-67-65(63(72)62(71)64(79-67)66(73)74)78-61(70)55-52-49-46-43-40-37-35-33-31-29-27-25-23-20-17-14-11-8-5-2/h7,10,15-16,18-19,24,26,30,32,36,39,58,62-65,67,71-72H,4-6,8-9,11-14,17,20-23,25,27-29,31,33-35,37-38,40-57H2,1-3H3,(H,73,74)/b10-7-,18-15-,19-16-,26-24-,32-30-,39-36-. The molecule has 1 aliphatic heterocycles. The highest BCUT2D eigenvalue weighted by Crippen LogP contribution is 2.27. The van der Waals surface area contributed by atoms with Gasteiger partial charge in [0.1, 0.15) is 18.8 Å². The number of aliphatic hydroxyl groups excluding tert-OH is 2. The summed E-state index contributed by atoms with van der Waals surface area (Å²) in [5, 5.41) is 31.6. The molecule has 6 unspecified atom stereocenters. The molecule has 0 aromatic heterocycles. The number of carbonyl (C=O) groups excluding carboxylic acids is 3. The van der Waals surface area contributed by atoms with Crippen molar-refractivity contribution in [2.45, 2.75) is 314 Å². The molecule has 1 heterocycles. The van der Waals surface area contributed by atoms with E-state index in [2.05, 4.69) is 93.7 Å². The number of carboxylic acid groups (broad SMARTS) is 1. The first kappa shape index (κ1) is 73.2. The number of aliphatic hydroxyl groups is 2. The van der Waals surface area contributed by atoms with E-state index in [1.165, 1.54) is 103 Å². The van der Waals surface area contributed by atoms with Crippen molar-refractivity contribution in [1.29, 1.82) is 0 Å². The summed E-state index contributed by atoms with van der Waals surface area (Å²) >= 11 is 0. The first-order valence-corrected chi connectivity index (χ1v) is 31.9. The summed E-state index contributed by atoms with van der Waals surface area (Å²) in [6, 6.07) is 0. The van der Waals surface area contributed by atoms with Gasteiger partial charge in [0.15, 0.2) is 24.6 Å². The van der Waals surface area contributed by atoms with E-state index in [0.29, 0.717) is 19.3 Å². The molecule has 454 valence electrons. The zero-order valence-electron chi connectivity index (χ0n) is 50.1. The lowest BCUT2D eigenvalue weighted by atomic mass is 9.98. The number of hydrogen-bond donors (Lipinski definition) is 3. The third kappa shape index (κ3) is 44.5. The lowest BCUT2D eigenvalue weighted by molar-refractivity contribution is -0.301. The topological polar surface area (TPSA) is 175 Å². The molecule has 0 amide bonds. The van der Waals surface area contributed by atoms with Gasteiger partial charge >= 0.3 is 23.9 Å². The van der Waals surface area contributed by atoms with Crippen molar-refractivity contribution in [3.8, 4) is 0 Å². The van der Waals surface area contributed by atoms with Crippen molar-refractivity contribution < 1.29 is 58.2 Å². The highest BCUT2D eigenvalue weighted by Gasteiger charge is 2.50. The van der Waals surface area contributed by atoms with Crippen LogP contribution in [0.4, 0.5) is 0 Å². The van der Waals surface area contributed by atoms with Gasteiger partial charge in [0, 0.05) is 19.3 Å². The van der Waals surface area contributed by atoms with Gasteiger partial charge in [-0.15, -0.1) is 0 Å². The van der Waals surface area contributed by atoms with E-state index in [0.717, 1.165) is 116 Å². The molecule has 0 aliphatic carbocycles. The fourth-order valence-corrected chi connectivity index (χ4v) is 9.38. The van der Waals surface area contributed by atoms with Crippen LogP contribution >= 0.6 is 0 Å². The van der Waals surface area contributed by atoms with E-state index in [1.807, 2.05) is 0 Å². The largest absolute Gasteiger partial charge is 0.479 e. The fourth-order valence-electron chi connectivity index (χ4n) is 9.38. The van der Waals surface area contributed by atoms with Crippen LogP contribution in [0.5, 0.6) is 0 Å². The summed E-state index contributed by atoms with van der Waals surface area (Å²) < 4.78 is 28.4. The Morgan fingerprint density at radius 2 is 0.810 bits per heavy atom. The Bertz CT molecular complexity index is 1650. The van der Waals surface area contributed by atoms with Gasteiger partial charge in [-0.05, 0) is 83.5 Å². The smallest absolute Gasteiger partial charge is 0.335 e. The minimum absolute atomic E-state index is 0.0585. The molecule has 1 saturated heterocycles. The summed E-state index contributed by atoms with van der Waals surface area (Å²) in [6.07, 6.45) is 57.3. The molecule has 0 bridgehead atoms. The second-order valence-electron chi connectivity index (χ2n) is 21.7. The zero-order valence-corrected chi connectivity index (χ0v) is 50.1. The molecule has 0 aromatic carbocycles. The molecule has 0 spiro atoms. The number of allylic oxidation sites excluding steroid dienone is 12. The Morgan fingerprint density at radius 1 is 0.430 bits per heavy atom. The molecule has 1 rings (SSSR count). The normalized spacial score (nSPS) is 18.3. The Kier molecular flexibility index (Phi) is 50.7. The number of rotatable bonds is 54. The first-order chi connectivity index (χ1) is 38.6. The van der Waals surface area contributed by atoms with Crippen LogP contribution in [-0.4, -0.2) is 89.2 Å². The van der Waals surface area contributed by atoms with Crippen LogP contribution in [0.15, 0.2) is 72.9 Å². The number of unbranched alkanes of at least 4 members (excludes halogenated alkanes) is 28. The average Bonchev–Trinajstić information content (AvgIpc) is 3.48. The van der Waals surface area contributed by atoms with Gasteiger partial charge in [-0.3, -0.25) is 14.4 Å². The third-order valence-corrected chi connectivity index (χ3v) is 14.3. The molecular formula is C67H114O12. The molecule has 1 fully saturated rings. The van der Waals surface area contributed by atoms with Crippen molar-refractivity contribution in [1.82, 2.24) is 0 Å². The SMILES string of the molecule is CC/C=C\C/C=C\C/C=C\C/C=C\C/C=C\CCCCCC(=O)OCC(COC1OC(C(=O)O)C(O)C(O)C1OC(=O)CCCCCCCCCCCCCCCCCCCCC)OC(=O)CCCCCCC/C=C\CCCC. The predicted octanol–water partition coefficient (Wildman–Crippen LogP) is 16.9. The molecule has 0 radical (unpaired) electrons. The monoisotopic (exact) mass is 1110 g/mol. The van der Waals surface area contributed by atoms with Crippen LogP contribution < -0.4 is 0 Å². The van der Waals surface area contributed by atoms with Gasteiger partial charge in [0.05, 0.1) is 6.61 Å². The molecule has 0 saturated carbocycles. The Labute approximate surface area is 480 Å². The zero-order chi connectivity index (χ0) is 57.5. The van der Waals surface area contributed by atoms with Crippen LogP contribution in [0.2, 0.25) is 0 Å². The molecule has 1 aliphatic rings. The molecule has 3 N–H and O–H groups in total. The first-order valence-electron chi connectivity index (χ1n) is 31.9. The molecule has 0 aromatic rings. The van der Waals surface area contributed by atoms with Crippen LogP contribution in [0.25, 0.3) is 0 Å². The average molecular weight is 1110 g/mol. The second-order valence-corrected chi connectivity index (χ2v) is 21.7. The maximum absolute atomic E-state index is 13.1. The maximum Gasteiger partial charge on any atom is 0.335 e. The quantitative estimate of drug-likeness (QED) is 0.0228. The number of ether oxygens (including phenoxy) is 5. The van der Waals surface area contributed by atoms with Gasteiger partial charge in [0.25, 0.3) is 0 Å². The second kappa shape index (κ2) is 54.7. The van der Waals surface area contributed by atoms with Crippen molar-refractivity contribution in [2.24, 2.45) is 0 Å². The molecule has 12 heteroatoms. The van der Waals surface area contributed by atoms with Gasteiger partial charge < -0.3 is 39.0 Å². The Hall–Kier alpha value is -3.84. The van der Waals surface area contributed by atoms with E-state index in [9.17, 15) is 34.5 Å². The molecule has 6 atom stereocenters. The van der Waals surface area contributed by atoms with Crippen molar-refractivity contribution in [3.05, 3.63) is 72.9 Å².